The molecule has 1 rings (SSSR count). The Bertz CT molecular complexity index is 158. The molecule has 0 aromatic rings. The molecule has 3 nitrogen and oxygen atoms in total. The summed E-state index contributed by atoms with van der Waals surface area (Å²) < 4.78 is 0. The average molecular weight is 160 g/mol. The highest BCUT2D eigenvalue weighted by Crippen LogP contribution is 2.13. The molecule has 0 aromatic carbocycles. The van der Waals surface area contributed by atoms with Crippen LogP contribution in [0.15, 0.2) is 0 Å². The Morgan fingerprint density at radius 2 is 2.30 bits per heavy atom. The Morgan fingerprint density at radius 3 is 2.70 bits per heavy atom. The fourth-order valence-corrected chi connectivity index (χ4v) is 1.49. The van der Waals surface area contributed by atoms with Crippen LogP contribution in [0.3, 0.4) is 0 Å². The van der Waals surface area contributed by atoms with Crippen molar-refractivity contribution in [2.45, 2.75) is 32.0 Å². The molecule has 0 bridgehead atoms. The molecule has 0 aliphatic carbocycles. The van der Waals surface area contributed by atoms with Gasteiger partial charge in [0, 0.05) is 12.0 Å². The molecule has 10 heavy (non-hydrogen) atoms. The zero-order valence-corrected chi connectivity index (χ0v) is 6.96. The fourth-order valence-electron chi connectivity index (χ4n) is 1.08. The second-order valence-corrected chi connectivity index (χ2v) is 3.61. The third-order valence-corrected chi connectivity index (χ3v) is 1.67. The molecule has 1 heterocycles. The maximum Gasteiger partial charge on any atom is 0.168 e. The molecule has 1 aliphatic rings. The molecule has 1 unspecified atom stereocenters. The van der Waals surface area contributed by atoms with Crippen molar-refractivity contribution >= 4 is 17.3 Å². The van der Waals surface area contributed by atoms with Gasteiger partial charge in [-0.1, -0.05) is 0 Å². The summed E-state index contributed by atoms with van der Waals surface area (Å²) in [6.07, 6.45) is 0.177. The summed E-state index contributed by atoms with van der Waals surface area (Å²) in [6.45, 7) is 4.01. The van der Waals surface area contributed by atoms with Crippen molar-refractivity contribution in [3.63, 3.8) is 0 Å². The van der Waals surface area contributed by atoms with Gasteiger partial charge in [-0.05, 0) is 26.1 Å². The molecule has 0 amide bonds. The second-order valence-electron chi connectivity index (χ2n) is 3.20. The van der Waals surface area contributed by atoms with Gasteiger partial charge >= 0.3 is 0 Å². The molecule has 1 fully saturated rings. The highest BCUT2D eigenvalue weighted by atomic mass is 32.1. The van der Waals surface area contributed by atoms with E-state index >= 15 is 0 Å². The van der Waals surface area contributed by atoms with Gasteiger partial charge in [-0.15, -0.1) is 0 Å². The molecule has 1 aliphatic heterocycles. The van der Waals surface area contributed by atoms with E-state index in [4.69, 9.17) is 12.2 Å². The average Bonchev–Trinajstić information content (AvgIpc) is 1.54. The van der Waals surface area contributed by atoms with E-state index < -0.39 is 6.23 Å². The Hall–Kier alpha value is -0.350. The Labute approximate surface area is 65.8 Å². The maximum atomic E-state index is 9.18. The first-order chi connectivity index (χ1) is 4.49. The molecule has 58 valence electrons. The number of hydrogen-bond acceptors (Lipinski definition) is 2. The molecule has 1 saturated heterocycles. The lowest BCUT2D eigenvalue weighted by molar-refractivity contribution is 0.106. The van der Waals surface area contributed by atoms with E-state index in [0.29, 0.717) is 11.5 Å². The quantitative estimate of drug-likeness (QED) is 0.435. The summed E-state index contributed by atoms with van der Waals surface area (Å²) in [4.78, 5) is 0. The van der Waals surface area contributed by atoms with Gasteiger partial charge in [0.2, 0.25) is 0 Å². The second kappa shape index (κ2) is 2.36. The zero-order chi connectivity index (χ0) is 7.78. The van der Waals surface area contributed by atoms with Gasteiger partial charge in [0.1, 0.15) is 6.23 Å². The normalized spacial score (nSPS) is 30.7. The molecule has 1 atom stereocenters. The Kier molecular flexibility index (Phi) is 1.83. The fraction of sp³-hybridized carbons (Fsp3) is 0.833. The summed E-state index contributed by atoms with van der Waals surface area (Å²) in [5.74, 6) is 0. The molecule has 0 saturated carbocycles. The van der Waals surface area contributed by atoms with Gasteiger partial charge < -0.3 is 15.7 Å². The minimum absolute atomic E-state index is 0.0816. The first-order valence-corrected chi connectivity index (χ1v) is 3.67. The monoisotopic (exact) mass is 160 g/mol. The number of thiocarbonyl (C=S) groups is 1. The Balaban J connectivity index is 2.59. The lowest BCUT2D eigenvalue weighted by Crippen LogP contribution is -2.59. The largest absolute Gasteiger partial charge is 0.374 e. The number of nitrogens with one attached hydrogen (secondary N) is 2. The van der Waals surface area contributed by atoms with Crippen molar-refractivity contribution in [3.8, 4) is 0 Å². The lowest BCUT2D eigenvalue weighted by atomic mass is 9.98. The Morgan fingerprint density at radius 1 is 1.70 bits per heavy atom. The summed E-state index contributed by atoms with van der Waals surface area (Å²) in [5.41, 5.74) is -0.0816. The first-order valence-electron chi connectivity index (χ1n) is 3.26. The molecule has 3 N–H and O–H groups in total. The standard InChI is InChI=1S/C6H12N2OS/c1-6(2)3-4(9)7-5(10)8-6/h4,9H,3H2,1-2H3,(H2,7,8,10). The zero-order valence-electron chi connectivity index (χ0n) is 6.14. The summed E-state index contributed by atoms with van der Waals surface area (Å²) >= 11 is 4.85. The van der Waals surface area contributed by atoms with E-state index in [9.17, 15) is 5.11 Å². The van der Waals surface area contributed by atoms with E-state index in [1.54, 1.807) is 0 Å². The van der Waals surface area contributed by atoms with E-state index in [2.05, 4.69) is 10.6 Å². The van der Waals surface area contributed by atoms with Crippen LogP contribution < -0.4 is 10.6 Å². The van der Waals surface area contributed by atoms with Gasteiger partial charge in [-0.2, -0.15) is 0 Å². The van der Waals surface area contributed by atoms with Crippen LogP contribution in [0.25, 0.3) is 0 Å². The third kappa shape index (κ3) is 1.82. The number of aliphatic hydroxyl groups is 1. The summed E-state index contributed by atoms with van der Waals surface area (Å²) in [5, 5.41) is 15.5. The van der Waals surface area contributed by atoms with Crippen LogP contribution in [0.1, 0.15) is 20.3 Å². The van der Waals surface area contributed by atoms with Crippen LogP contribution in [-0.2, 0) is 0 Å². The molecular formula is C6H12N2OS. The van der Waals surface area contributed by atoms with Crippen molar-refractivity contribution in [3.05, 3.63) is 0 Å². The van der Waals surface area contributed by atoms with Gasteiger partial charge in [-0.3, -0.25) is 0 Å². The van der Waals surface area contributed by atoms with Crippen molar-refractivity contribution in [2.24, 2.45) is 0 Å². The van der Waals surface area contributed by atoms with Gasteiger partial charge in [0.15, 0.2) is 5.11 Å². The van der Waals surface area contributed by atoms with Crippen molar-refractivity contribution in [2.75, 3.05) is 0 Å². The SMILES string of the molecule is CC1(C)CC(O)NC(=S)N1. The summed E-state index contributed by atoms with van der Waals surface area (Å²) in [7, 11) is 0. The predicted molar refractivity (Wildman–Crippen MR) is 43.6 cm³/mol. The van der Waals surface area contributed by atoms with Crippen molar-refractivity contribution < 1.29 is 5.11 Å². The summed E-state index contributed by atoms with van der Waals surface area (Å²) in [6, 6.07) is 0. The van der Waals surface area contributed by atoms with Gasteiger partial charge in [0.25, 0.3) is 0 Å². The minimum Gasteiger partial charge on any atom is -0.374 e. The minimum atomic E-state index is -0.497. The first kappa shape index (κ1) is 7.75. The van der Waals surface area contributed by atoms with E-state index in [1.165, 1.54) is 0 Å². The lowest BCUT2D eigenvalue weighted by Gasteiger charge is -2.36. The van der Waals surface area contributed by atoms with E-state index in [-0.39, 0.29) is 5.54 Å². The highest BCUT2D eigenvalue weighted by Gasteiger charge is 2.27. The maximum absolute atomic E-state index is 9.18. The van der Waals surface area contributed by atoms with Crippen LogP contribution in [0.2, 0.25) is 0 Å². The highest BCUT2D eigenvalue weighted by molar-refractivity contribution is 7.80. The van der Waals surface area contributed by atoms with Crippen LogP contribution in [-0.4, -0.2) is 22.0 Å². The molecular weight excluding hydrogens is 148 g/mol. The van der Waals surface area contributed by atoms with E-state index in [1.807, 2.05) is 13.8 Å². The van der Waals surface area contributed by atoms with E-state index in [0.717, 1.165) is 0 Å². The van der Waals surface area contributed by atoms with Gasteiger partial charge in [0.05, 0.1) is 0 Å². The number of hydrogen-bond donors (Lipinski definition) is 3. The molecule has 0 radical (unpaired) electrons. The van der Waals surface area contributed by atoms with Gasteiger partial charge in [-0.25, -0.2) is 0 Å². The van der Waals surface area contributed by atoms with Crippen LogP contribution >= 0.6 is 12.2 Å². The van der Waals surface area contributed by atoms with Crippen LogP contribution in [0.5, 0.6) is 0 Å². The molecule has 4 heteroatoms. The smallest absolute Gasteiger partial charge is 0.168 e. The molecule has 0 spiro atoms. The predicted octanol–water partition coefficient (Wildman–Crippen LogP) is -0.0488. The topological polar surface area (TPSA) is 44.3 Å². The van der Waals surface area contributed by atoms with Crippen LogP contribution in [0.4, 0.5) is 0 Å². The molecule has 0 aromatic heterocycles. The van der Waals surface area contributed by atoms with Crippen molar-refractivity contribution in [1.29, 1.82) is 0 Å². The number of aliphatic hydroxyl groups excluding tert-OH is 1. The van der Waals surface area contributed by atoms with Crippen molar-refractivity contribution in [1.82, 2.24) is 10.6 Å². The third-order valence-electron chi connectivity index (χ3n) is 1.45. The number of rotatable bonds is 0. The van der Waals surface area contributed by atoms with Crippen LogP contribution in [0, 0.1) is 0 Å².